The molecule has 0 spiro atoms. The van der Waals surface area contributed by atoms with Crippen molar-refractivity contribution < 1.29 is 15.8 Å². The first-order chi connectivity index (χ1) is 13.9. The minimum absolute atomic E-state index is 0.154. The standard InChI is InChI=1S/C22H22INO4S/c1-17-13-15-20(16-14-17)29(25,26)28-23(19-9-5-4-6-10-19)22-12-8-7-11-21(22)18(2)24-27-3/h4-16H,1-3H3/b24-18-. The fourth-order valence-electron chi connectivity index (χ4n) is 2.63. The Morgan fingerprint density at radius 1 is 0.897 bits per heavy atom. The Labute approximate surface area is 179 Å². The van der Waals surface area contributed by atoms with Crippen LogP contribution in [0.3, 0.4) is 0 Å². The summed E-state index contributed by atoms with van der Waals surface area (Å²) in [6.45, 7) is 3.74. The number of oxime groups is 1. The van der Waals surface area contributed by atoms with Gasteiger partial charge in [-0.15, -0.1) is 0 Å². The van der Waals surface area contributed by atoms with Crippen LogP contribution in [0.4, 0.5) is 0 Å². The molecule has 0 atom stereocenters. The summed E-state index contributed by atoms with van der Waals surface area (Å²) in [5, 5.41) is 4.03. The van der Waals surface area contributed by atoms with Gasteiger partial charge in [0.1, 0.15) is 0 Å². The molecule has 0 saturated heterocycles. The molecule has 5 nitrogen and oxygen atoms in total. The van der Waals surface area contributed by atoms with E-state index < -0.39 is 30.4 Å². The minimum atomic E-state index is -3.93. The van der Waals surface area contributed by atoms with Crippen molar-refractivity contribution >= 4 is 36.1 Å². The Bertz CT molecular complexity index is 1100. The fraction of sp³-hybridized carbons (Fsp3) is 0.136. The van der Waals surface area contributed by atoms with Crippen molar-refractivity contribution in [3.05, 3.63) is 97.1 Å². The average Bonchev–Trinajstić information content (AvgIpc) is 2.73. The molecule has 0 aromatic heterocycles. The van der Waals surface area contributed by atoms with Crippen molar-refractivity contribution in [2.24, 2.45) is 5.16 Å². The summed E-state index contributed by atoms with van der Waals surface area (Å²) in [4.78, 5) is 5.08. The molecule has 29 heavy (non-hydrogen) atoms. The van der Waals surface area contributed by atoms with E-state index in [1.165, 1.54) is 7.11 Å². The van der Waals surface area contributed by atoms with E-state index in [9.17, 15) is 8.42 Å². The predicted molar refractivity (Wildman–Crippen MR) is 123 cm³/mol. The molecule has 0 bridgehead atoms. The second kappa shape index (κ2) is 9.51. The van der Waals surface area contributed by atoms with E-state index in [1.54, 1.807) is 24.3 Å². The summed E-state index contributed by atoms with van der Waals surface area (Å²) in [6.07, 6.45) is 0. The Hall–Kier alpha value is -2.23. The first-order valence-electron chi connectivity index (χ1n) is 8.86. The van der Waals surface area contributed by atoms with Crippen LogP contribution in [0.5, 0.6) is 0 Å². The topological polar surface area (TPSA) is 65.0 Å². The zero-order valence-corrected chi connectivity index (χ0v) is 19.3. The predicted octanol–water partition coefficient (Wildman–Crippen LogP) is 5.23. The Balaban J connectivity index is 2.11. The zero-order chi connectivity index (χ0) is 20.9. The number of nitrogens with zero attached hydrogens (tertiary/aromatic N) is 1. The average molecular weight is 523 g/mol. The van der Waals surface area contributed by atoms with Crippen molar-refractivity contribution in [3.8, 4) is 0 Å². The molecule has 0 saturated carbocycles. The Morgan fingerprint density at radius 3 is 2.17 bits per heavy atom. The number of hydrogen-bond acceptors (Lipinski definition) is 5. The van der Waals surface area contributed by atoms with Gasteiger partial charge in [0, 0.05) is 0 Å². The van der Waals surface area contributed by atoms with Crippen LogP contribution in [0.25, 0.3) is 0 Å². The van der Waals surface area contributed by atoms with Gasteiger partial charge >= 0.3 is 180 Å². The fourth-order valence-corrected chi connectivity index (χ4v) is 10.1. The van der Waals surface area contributed by atoms with E-state index in [2.05, 4.69) is 5.16 Å². The van der Waals surface area contributed by atoms with Crippen LogP contribution in [0.2, 0.25) is 0 Å². The molecular weight excluding hydrogens is 501 g/mol. The molecule has 0 amide bonds. The summed E-state index contributed by atoms with van der Waals surface area (Å²) in [6, 6.07) is 23.8. The maximum atomic E-state index is 13.1. The van der Waals surface area contributed by atoms with Crippen molar-refractivity contribution in [1.29, 1.82) is 0 Å². The van der Waals surface area contributed by atoms with E-state index in [-0.39, 0.29) is 4.90 Å². The van der Waals surface area contributed by atoms with E-state index in [0.717, 1.165) is 18.3 Å². The van der Waals surface area contributed by atoms with Gasteiger partial charge in [0.15, 0.2) is 0 Å². The van der Waals surface area contributed by atoms with Gasteiger partial charge < -0.3 is 0 Å². The first-order valence-corrected chi connectivity index (χ1v) is 13.3. The molecule has 0 radical (unpaired) electrons. The van der Waals surface area contributed by atoms with Crippen molar-refractivity contribution in [2.45, 2.75) is 18.7 Å². The van der Waals surface area contributed by atoms with Crippen LogP contribution < -0.4 is 0 Å². The van der Waals surface area contributed by atoms with Gasteiger partial charge in [-0.1, -0.05) is 0 Å². The first kappa shape index (κ1) is 21.5. The van der Waals surface area contributed by atoms with Gasteiger partial charge in [-0.05, 0) is 0 Å². The van der Waals surface area contributed by atoms with E-state index in [4.69, 9.17) is 7.35 Å². The molecule has 0 aliphatic carbocycles. The number of benzene rings is 3. The van der Waals surface area contributed by atoms with Crippen LogP contribution in [-0.4, -0.2) is 21.2 Å². The zero-order valence-electron chi connectivity index (χ0n) is 16.4. The number of aryl methyl sites for hydroxylation is 1. The molecular formula is C22H22INO4S. The number of hydrogen-bond donors (Lipinski definition) is 0. The van der Waals surface area contributed by atoms with E-state index in [1.807, 2.05) is 68.4 Å². The van der Waals surface area contributed by atoms with Crippen LogP contribution in [-0.2, 0) is 17.5 Å². The number of halogens is 1. The monoisotopic (exact) mass is 523 g/mol. The SMILES string of the molecule is CO/N=C(/C)c1ccccc1I(OS(=O)(=O)c1ccc(C)cc1)c1ccccc1. The summed E-state index contributed by atoms with van der Waals surface area (Å²) in [5.74, 6) is 0. The second-order valence-electron chi connectivity index (χ2n) is 6.21. The molecule has 0 N–H and O–H groups in total. The molecule has 0 aliphatic rings. The van der Waals surface area contributed by atoms with Gasteiger partial charge in [0.2, 0.25) is 0 Å². The third-order valence-corrected chi connectivity index (χ3v) is 11.6. The summed E-state index contributed by atoms with van der Waals surface area (Å²) in [5.41, 5.74) is 2.47. The summed E-state index contributed by atoms with van der Waals surface area (Å²) < 4.78 is 33.8. The third kappa shape index (κ3) is 5.23. The molecule has 0 aliphatic heterocycles. The van der Waals surface area contributed by atoms with Crippen LogP contribution in [0.15, 0.2) is 88.9 Å². The van der Waals surface area contributed by atoms with Gasteiger partial charge in [0.05, 0.1) is 0 Å². The third-order valence-electron chi connectivity index (χ3n) is 4.06. The van der Waals surface area contributed by atoms with Gasteiger partial charge in [-0.3, -0.25) is 0 Å². The van der Waals surface area contributed by atoms with Gasteiger partial charge in [0.25, 0.3) is 0 Å². The summed E-state index contributed by atoms with van der Waals surface area (Å²) in [7, 11) is -2.44. The van der Waals surface area contributed by atoms with E-state index >= 15 is 0 Å². The number of rotatable bonds is 7. The normalized spacial score (nSPS) is 12.5. The van der Waals surface area contributed by atoms with E-state index in [0.29, 0.717) is 5.71 Å². The quantitative estimate of drug-likeness (QED) is 0.242. The Kier molecular flexibility index (Phi) is 7.05. The van der Waals surface area contributed by atoms with Crippen molar-refractivity contribution in [1.82, 2.24) is 0 Å². The van der Waals surface area contributed by atoms with Gasteiger partial charge in [-0.25, -0.2) is 0 Å². The molecule has 3 rings (SSSR count). The van der Waals surface area contributed by atoms with Crippen molar-refractivity contribution in [3.63, 3.8) is 0 Å². The maximum absolute atomic E-state index is 13.1. The van der Waals surface area contributed by atoms with Gasteiger partial charge in [-0.2, -0.15) is 0 Å². The molecule has 3 aromatic carbocycles. The molecule has 152 valence electrons. The Morgan fingerprint density at radius 2 is 1.52 bits per heavy atom. The molecule has 0 heterocycles. The van der Waals surface area contributed by atoms with Crippen LogP contribution >= 0.6 is 20.2 Å². The van der Waals surface area contributed by atoms with Crippen molar-refractivity contribution in [2.75, 3.05) is 7.11 Å². The molecule has 0 fully saturated rings. The molecule has 0 unspecified atom stereocenters. The second-order valence-corrected chi connectivity index (χ2v) is 12.6. The van der Waals surface area contributed by atoms with Crippen LogP contribution in [0.1, 0.15) is 18.1 Å². The molecule has 7 heteroatoms. The van der Waals surface area contributed by atoms with Crippen LogP contribution in [0, 0.1) is 14.1 Å². The summed E-state index contributed by atoms with van der Waals surface area (Å²) >= 11 is -2.83. The molecule has 3 aromatic rings.